The van der Waals surface area contributed by atoms with E-state index in [4.69, 9.17) is 0 Å². The molecule has 0 aliphatic rings. The molecule has 1 atom stereocenters. The van der Waals surface area contributed by atoms with E-state index in [0.717, 1.165) is 5.56 Å². The van der Waals surface area contributed by atoms with E-state index >= 15 is 0 Å². The van der Waals surface area contributed by atoms with Gasteiger partial charge in [0.15, 0.2) is 0 Å². The van der Waals surface area contributed by atoms with Crippen LogP contribution < -0.4 is 10.9 Å². The molecule has 0 saturated heterocycles. The van der Waals surface area contributed by atoms with Crippen molar-refractivity contribution in [3.05, 3.63) is 70.4 Å². The molecule has 0 aliphatic heterocycles. The van der Waals surface area contributed by atoms with Crippen LogP contribution in [0, 0.1) is 6.92 Å². The third-order valence-electron chi connectivity index (χ3n) is 3.84. The van der Waals surface area contributed by atoms with Gasteiger partial charge in [-0.15, -0.1) is 0 Å². The maximum absolute atomic E-state index is 12.3. The Hall–Kier alpha value is -2.89. The number of aryl methyl sites for hydroxylation is 1. The molecule has 118 valence electrons. The van der Waals surface area contributed by atoms with Crippen LogP contribution in [0.3, 0.4) is 0 Å². The molecule has 3 aromatic rings. The lowest BCUT2D eigenvalue weighted by Gasteiger charge is -2.14. The molecule has 3 rings (SSSR count). The monoisotopic (exact) mass is 310 g/mol. The molecule has 0 unspecified atom stereocenters. The Bertz CT molecular complexity index is 893. The van der Waals surface area contributed by atoms with Crippen LogP contribution in [0.2, 0.25) is 0 Å². The molecule has 1 amide bonds. The lowest BCUT2D eigenvalue weighted by molar-refractivity contribution is -0.124. The fourth-order valence-electron chi connectivity index (χ4n) is 2.39. The first kappa shape index (κ1) is 15.0. The van der Waals surface area contributed by atoms with E-state index in [9.17, 15) is 9.59 Å². The van der Waals surface area contributed by atoms with Crippen LogP contribution in [0.25, 0.3) is 5.52 Å². The first-order valence-electron chi connectivity index (χ1n) is 7.44. The summed E-state index contributed by atoms with van der Waals surface area (Å²) >= 11 is 0. The quantitative estimate of drug-likeness (QED) is 0.797. The van der Waals surface area contributed by atoms with Crippen molar-refractivity contribution in [1.82, 2.24) is 19.5 Å². The first-order chi connectivity index (χ1) is 11.1. The highest BCUT2D eigenvalue weighted by Gasteiger charge is 2.18. The summed E-state index contributed by atoms with van der Waals surface area (Å²) < 4.78 is 2.84. The molecule has 1 N–H and O–H groups in total. The van der Waals surface area contributed by atoms with Crippen LogP contribution in [-0.2, 0) is 11.3 Å². The topological polar surface area (TPSA) is 68.4 Å². The van der Waals surface area contributed by atoms with Crippen LogP contribution in [0.1, 0.15) is 24.1 Å². The molecule has 0 radical (unpaired) electrons. The van der Waals surface area contributed by atoms with Gasteiger partial charge in [0.2, 0.25) is 5.91 Å². The lowest BCUT2D eigenvalue weighted by atomic mass is 10.1. The Morgan fingerprint density at radius 2 is 2.00 bits per heavy atom. The molecular formula is C17H18N4O2. The molecule has 0 aliphatic carbocycles. The summed E-state index contributed by atoms with van der Waals surface area (Å²) in [5.74, 6) is -0.240. The lowest BCUT2D eigenvalue weighted by Crippen LogP contribution is -2.37. The average molecular weight is 310 g/mol. The van der Waals surface area contributed by atoms with Crippen molar-refractivity contribution in [2.45, 2.75) is 26.4 Å². The van der Waals surface area contributed by atoms with Crippen LogP contribution in [-0.4, -0.2) is 20.1 Å². The van der Waals surface area contributed by atoms with Crippen LogP contribution >= 0.6 is 0 Å². The third kappa shape index (κ3) is 3.01. The number of carbonyl (C=O) groups excluding carboxylic acids is 1. The van der Waals surface area contributed by atoms with Crippen molar-refractivity contribution in [3.63, 3.8) is 0 Å². The summed E-state index contributed by atoms with van der Waals surface area (Å²) in [6, 6.07) is 10.7. The van der Waals surface area contributed by atoms with Gasteiger partial charge in [-0.3, -0.25) is 9.59 Å². The summed E-state index contributed by atoms with van der Waals surface area (Å²) in [5.41, 5.74) is 2.40. The Balaban J connectivity index is 1.74. The Kier molecular flexibility index (Phi) is 3.97. The summed E-state index contributed by atoms with van der Waals surface area (Å²) in [6.45, 7) is 4.10. The molecule has 1 aromatic carbocycles. The number of carbonyl (C=O) groups is 1. The predicted octanol–water partition coefficient (Wildman–Crippen LogP) is 1.68. The summed E-state index contributed by atoms with van der Waals surface area (Å²) in [7, 11) is 0. The molecular weight excluding hydrogens is 292 g/mol. The van der Waals surface area contributed by atoms with Crippen molar-refractivity contribution in [3.8, 4) is 0 Å². The largest absolute Gasteiger partial charge is 0.350 e. The fourth-order valence-corrected chi connectivity index (χ4v) is 2.39. The maximum atomic E-state index is 12.3. The van der Waals surface area contributed by atoms with E-state index < -0.39 is 6.04 Å². The van der Waals surface area contributed by atoms with Gasteiger partial charge in [0.25, 0.3) is 5.56 Å². The van der Waals surface area contributed by atoms with Gasteiger partial charge in [-0.2, -0.15) is 5.10 Å². The van der Waals surface area contributed by atoms with Crippen molar-refractivity contribution in [2.24, 2.45) is 0 Å². The summed E-state index contributed by atoms with van der Waals surface area (Å²) in [6.07, 6.45) is 3.27. The second kappa shape index (κ2) is 6.08. The predicted molar refractivity (Wildman–Crippen MR) is 87.2 cm³/mol. The highest BCUT2D eigenvalue weighted by molar-refractivity contribution is 5.79. The zero-order valence-electron chi connectivity index (χ0n) is 13.1. The van der Waals surface area contributed by atoms with E-state index in [0.29, 0.717) is 12.1 Å². The number of hydrogen-bond acceptors (Lipinski definition) is 3. The maximum Gasteiger partial charge on any atom is 0.291 e. The fraction of sp³-hybridized carbons (Fsp3) is 0.235. The molecule has 23 heavy (non-hydrogen) atoms. The average Bonchev–Trinajstić information content (AvgIpc) is 3.03. The zero-order chi connectivity index (χ0) is 16.4. The number of aromatic nitrogens is 3. The SMILES string of the molecule is Cc1ccc(CNC(=O)[C@H](C)n2ncn3cccc3c2=O)cc1. The van der Waals surface area contributed by atoms with Crippen molar-refractivity contribution in [2.75, 3.05) is 0 Å². The van der Waals surface area contributed by atoms with Crippen molar-refractivity contribution in [1.29, 1.82) is 0 Å². The number of fused-ring (bicyclic) bond motifs is 1. The summed E-state index contributed by atoms with van der Waals surface area (Å²) in [4.78, 5) is 24.6. The van der Waals surface area contributed by atoms with E-state index in [2.05, 4.69) is 10.4 Å². The Morgan fingerprint density at radius 1 is 1.26 bits per heavy atom. The minimum absolute atomic E-state index is 0.240. The molecule has 2 aromatic heterocycles. The Morgan fingerprint density at radius 3 is 2.74 bits per heavy atom. The number of rotatable bonds is 4. The second-order valence-corrected chi connectivity index (χ2v) is 5.56. The number of amides is 1. The minimum Gasteiger partial charge on any atom is -0.350 e. The number of benzene rings is 1. The van der Waals surface area contributed by atoms with Gasteiger partial charge >= 0.3 is 0 Å². The van der Waals surface area contributed by atoms with Gasteiger partial charge in [0, 0.05) is 12.7 Å². The van der Waals surface area contributed by atoms with E-state index in [1.165, 1.54) is 16.6 Å². The van der Waals surface area contributed by atoms with Crippen molar-refractivity contribution < 1.29 is 4.79 Å². The third-order valence-corrected chi connectivity index (χ3v) is 3.84. The minimum atomic E-state index is -0.673. The van der Waals surface area contributed by atoms with E-state index in [1.54, 1.807) is 29.7 Å². The standard InChI is InChI=1S/C17H18N4O2/c1-12-5-7-14(8-6-12)10-18-16(22)13(2)21-17(23)15-4-3-9-20(15)11-19-21/h3-9,11,13H,10H2,1-2H3,(H,18,22)/t13-/m0/s1. The highest BCUT2D eigenvalue weighted by Crippen LogP contribution is 2.06. The number of nitrogens with zero attached hydrogens (tertiary/aromatic N) is 3. The zero-order valence-corrected chi connectivity index (χ0v) is 13.1. The van der Waals surface area contributed by atoms with Crippen molar-refractivity contribution >= 4 is 11.4 Å². The van der Waals surface area contributed by atoms with Gasteiger partial charge in [-0.1, -0.05) is 29.8 Å². The van der Waals surface area contributed by atoms with Crippen LogP contribution in [0.5, 0.6) is 0 Å². The van der Waals surface area contributed by atoms with Gasteiger partial charge < -0.3 is 9.72 Å². The molecule has 2 heterocycles. The summed E-state index contributed by atoms with van der Waals surface area (Å²) in [5, 5.41) is 6.91. The number of nitrogens with one attached hydrogen (secondary N) is 1. The van der Waals surface area contributed by atoms with Gasteiger partial charge in [0.1, 0.15) is 17.9 Å². The van der Waals surface area contributed by atoms with Gasteiger partial charge in [-0.25, -0.2) is 4.68 Å². The molecule has 6 nitrogen and oxygen atoms in total. The van der Waals surface area contributed by atoms with Crippen LogP contribution in [0.4, 0.5) is 0 Å². The smallest absolute Gasteiger partial charge is 0.291 e. The van der Waals surface area contributed by atoms with Gasteiger partial charge in [0.05, 0.1) is 0 Å². The van der Waals surface area contributed by atoms with E-state index in [-0.39, 0.29) is 11.5 Å². The molecule has 0 saturated carbocycles. The number of hydrogen-bond donors (Lipinski definition) is 1. The molecule has 0 fully saturated rings. The molecule has 6 heteroatoms. The highest BCUT2D eigenvalue weighted by atomic mass is 16.2. The van der Waals surface area contributed by atoms with E-state index in [1.807, 2.05) is 31.2 Å². The van der Waals surface area contributed by atoms with Gasteiger partial charge in [-0.05, 0) is 31.5 Å². The Labute approximate surface area is 133 Å². The molecule has 0 spiro atoms. The first-order valence-corrected chi connectivity index (χ1v) is 7.44. The normalized spacial score (nSPS) is 12.3. The molecule has 0 bridgehead atoms. The van der Waals surface area contributed by atoms with Crippen LogP contribution in [0.15, 0.2) is 53.7 Å². The second-order valence-electron chi connectivity index (χ2n) is 5.56.